The van der Waals surface area contributed by atoms with E-state index in [0.717, 1.165) is 29.1 Å². The van der Waals surface area contributed by atoms with Crippen molar-refractivity contribution < 1.29 is 0 Å². The maximum Gasteiger partial charge on any atom is 0.0462 e. The van der Waals surface area contributed by atoms with Gasteiger partial charge in [0.25, 0.3) is 0 Å². The average Bonchev–Trinajstić information content (AvgIpc) is 2.27. The number of nitrogens with one attached hydrogen (secondary N) is 1. The summed E-state index contributed by atoms with van der Waals surface area (Å²) in [6.45, 7) is 9.76. The van der Waals surface area contributed by atoms with E-state index in [4.69, 9.17) is 11.6 Å². The van der Waals surface area contributed by atoms with Crippen LogP contribution in [0.3, 0.4) is 0 Å². The van der Waals surface area contributed by atoms with Crippen LogP contribution in [-0.4, -0.2) is 29.6 Å². The minimum Gasteiger partial charge on any atom is -0.311 e. The van der Waals surface area contributed by atoms with Crippen LogP contribution < -0.4 is 5.32 Å². The molecule has 0 saturated carbocycles. The minimum absolute atomic E-state index is 0.170. The molecule has 1 atom stereocenters. The summed E-state index contributed by atoms with van der Waals surface area (Å²) in [5.41, 5.74) is 1.37. The van der Waals surface area contributed by atoms with Crippen LogP contribution in [0.25, 0.3) is 0 Å². The van der Waals surface area contributed by atoms with Gasteiger partial charge in [0, 0.05) is 40.7 Å². The quantitative estimate of drug-likeness (QED) is 0.889. The molecule has 0 aliphatic carbocycles. The molecular weight excluding hydrogens is 312 g/mol. The molecule has 1 aliphatic heterocycles. The highest BCUT2D eigenvalue weighted by molar-refractivity contribution is 9.10. The lowest BCUT2D eigenvalue weighted by molar-refractivity contribution is 0.0627. The zero-order valence-electron chi connectivity index (χ0n) is 11.1. The molecule has 1 aromatic carbocycles. The molecule has 4 heteroatoms. The first-order valence-electron chi connectivity index (χ1n) is 6.31. The molecule has 0 aromatic heterocycles. The van der Waals surface area contributed by atoms with Crippen molar-refractivity contribution in [1.29, 1.82) is 0 Å². The molecule has 1 fully saturated rings. The zero-order valence-corrected chi connectivity index (χ0v) is 13.5. The lowest BCUT2D eigenvalue weighted by Crippen LogP contribution is -2.60. The number of halogens is 2. The average molecular weight is 332 g/mol. The summed E-state index contributed by atoms with van der Waals surface area (Å²) in [6, 6.07) is 6.66. The Labute approximate surface area is 123 Å². The predicted molar refractivity (Wildman–Crippen MR) is 81.1 cm³/mol. The second-order valence-electron chi connectivity index (χ2n) is 5.71. The number of benzene rings is 1. The highest BCUT2D eigenvalue weighted by atomic mass is 79.9. The molecule has 0 bridgehead atoms. The van der Waals surface area contributed by atoms with E-state index >= 15 is 0 Å². The number of rotatable bonds is 2. The van der Waals surface area contributed by atoms with E-state index in [1.165, 1.54) is 5.56 Å². The standard InChI is InChI=1S/C14H20BrClN2/c1-10-7-18(14(2,3)9-17-10)8-11-4-5-12(15)6-13(11)16/h4-6,10,17H,7-9H2,1-3H3. The van der Waals surface area contributed by atoms with Crippen LogP contribution in [0.4, 0.5) is 0 Å². The highest BCUT2D eigenvalue weighted by Gasteiger charge is 2.32. The Hall–Kier alpha value is -0.0900. The third-order valence-corrected chi connectivity index (χ3v) is 4.45. The molecule has 0 radical (unpaired) electrons. The molecule has 1 aliphatic rings. The van der Waals surface area contributed by atoms with Crippen molar-refractivity contribution in [2.45, 2.75) is 38.9 Å². The fraction of sp³-hybridized carbons (Fsp3) is 0.571. The van der Waals surface area contributed by atoms with Gasteiger partial charge in [0.05, 0.1) is 0 Å². The summed E-state index contributed by atoms with van der Waals surface area (Å²) in [6.07, 6.45) is 0. The van der Waals surface area contributed by atoms with Crippen molar-refractivity contribution in [2.75, 3.05) is 13.1 Å². The zero-order chi connectivity index (χ0) is 13.3. The molecule has 1 unspecified atom stereocenters. The molecule has 1 N–H and O–H groups in total. The Morgan fingerprint density at radius 2 is 2.22 bits per heavy atom. The third-order valence-electron chi connectivity index (χ3n) is 3.61. The fourth-order valence-electron chi connectivity index (χ4n) is 2.31. The first-order valence-corrected chi connectivity index (χ1v) is 7.48. The van der Waals surface area contributed by atoms with Crippen LogP contribution in [0.15, 0.2) is 22.7 Å². The second-order valence-corrected chi connectivity index (χ2v) is 7.03. The van der Waals surface area contributed by atoms with Crippen LogP contribution in [0.5, 0.6) is 0 Å². The summed E-state index contributed by atoms with van der Waals surface area (Å²) in [4.78, 5) is 2.50. The molecule has 100 valence electrons. The first kappa shape index (κ1) is 14.3. The number of hydrogen-bond acceptors (Lipinski definition) is 2. The fourth-order valence-corrected chi connectivity index (χ4v) is 3.05. The van der Waals surface area contributed by atoms with Crippen LogP contribution in [-0.2, 0) is 6.54 Å². The van der Waals surface area contributed by atoms with Gasteiger partial charge < -0.3 is 5.32 Å². The van der Waals surface area contributed by atoms with Gasteiger partial charge in [-0.15, -0.1) is 0 Å². The Balaban J connectivity index is 2.16. The SMILES string of the molecule is CC1CN(Cc2ccc(Br)cc2Cl)C(C)(C)CN1. The van der Waals surface area contributed by atoms with Gasteiger partial charge in [-0.1, -0.05) is 33.6 Å². The predicted octanol–water partition coefficient (Wildman–Crippen LogP) is 3.67. The Bertz CT molecular complexity index is 434. The van der Waals surface area contributed by atoms with Crippen LogP contribution in [0.2, 0.25) is 5.02 Å². The van der Waals surface area contributed by atoms with Gasteiger partial charge in [-0.05, 0) is 38.5 Å². The molecule has 1 aromatic rings. The number of nitrogens with zero attached hydrogens (tertiary/aromatic N) is 1. The van der Waals surface area contributed by atoms with Crippen molar-refractivity contribution in [3.05, 3.63) is 33.3 Å². The van der Waals surface area contributed by atoms with Gasteiger partial charge in [-0.25, -0.2) is 0 Å². The molecule has 0 amide bonds. The molecule has 18 heavy (non-hydrogen) atoms. The largest absolute Gasteiger partial charge is 0.311 e. The van der Waals surface area contributed by atoms with Gasteiger partial charge >= 0.3 is 0 Å². The molecule has 1 heterocycles. The molecule has 1 saturated heterocycles. The van der Waals surface area contributed by atoms with Gasteiger partial charge in [-0.3, -0.25) is 4.90 Å². The smallest absolute Gasteiger partial charge is 0.0462 e. The minimum atomic E-state index is 0.170. The number of hydrogen-bond donors (Lipinski definition) is 1. The molecule has 2 rings (SSSR count). The third kappa shape index (κ3) is 3.27. The first-order chi connectivity index (χ1) is 8.38. The van der Waals surface area contributed by atoms with Crippen molar-refractivity contribution >= 4 is 27.5 Å². The van der Waals surface area contributed by atoms with E-state index in [1.54, 1.807) is 0 Å². The number of piperazine rings is 1. The summed E-state index contributed by atoms with van der Waals surface area (Å²) in [5, 5.41) is 4.37. The summed E-state index contributed by atoms with van der Waals surface area (Å²) >= 11 is 9.75. The molecule has 2 nitrogen and oxygen atoms in total. The van der Waals surface area contributed by atoms with Crippen LogP contribution in [0, 0.1) is 0 Å². The summed E-state index contributed by atoms with van der Waals surface area (Å²) in [5.74, 6) is 0. The van der Waals surface area contributed by atoms with Crippen molar-refractivity contribution in [3.8, 4) is 0 Å². The van der Waals surface area contributed by atoms with E-state index in [2.05, 4.69) is 59.1 Å². The van der Waals surface area contributed by atoms with E-state index in [9.17, 15) is 0 Å². The van der Waals surface area contributed by atoms with Crippen molar-refractivity contribution in [1.82, 2.24) is 10.2 Å². The van der Waals surface area contributed by atoms with Crippen LogP contribution >= 0.6 is 27.5 Å². The summed E-state index contributed by atoms with van der Waals surface area (Å²) < 4.78 is 1.03. The van der Waals surface area contributed by atoms with E-state index in [-0.39, 0.29) is 5.54 Å². The Morgan fingerprint density at radius 3 is 2.89 bits per heavy atom. The lowest BCUT2D eigenvalue weighted by Gasteiger charge is -2.45. The summed E-state index contributed by atoms with van der Waals surface area (Å²) in [7, 11) is 0. The van der Waals surface area contributed by atoms with Gasteiger partial charge in [-0.2, -0.15) is 0 Å². The van der Waals surface area contributed by atoms with Crippen molar-refractivity contribution in [3.63, 3.8) is 0 Å². The highest BCUT2D eigenvalue weighted by Crippen LogP contribution is 2.26. The van der Waals surface area contributed by atoms with Gasteiger partial charge in [0.1, 0.15) is 0 Å². The normalized spacial score (nSPS) is 24.2. The maximum absolute atomic E-state index is 6.31. The maximum atomic E-state index is 6.31. The van der Waals surface area contributed by atoms with Gasteiger partial charge in [0.2, 0.25) is 0 Å². The molecule has 0 spiro atoms. The lowest BCUT2D eigenvalue weighted by atomic mass is 9.97. The topological polar surface area (TPSA) is 15.3 Å². The van der Waals surface area contributed by atoms with E-state index in [0.29, 0.717) is 6.04 Å². The van der Waals surface area contributed by atoms with Crippen LogP contribution in [0.1, 0.15) is 26.3 Å². The van der Waals surface area contributed by atoms with Gasteiger partial charge in [0.15, 0.2) is 0 Å². The molecular formula is C14H20BrClN2. The van der Waals surface area contributed by atoms with Crippen molar-refractivity contribution in [2.24, 2.45) is 0 Å². The monoisotopic (exact) mass is 330 g/mol. The Kier molecular flexibility index (Phi) is 4.37. The van der Waals surface area contributed by atoms with E-state index in [1.807, 2.05) is 6.07 Å². The Morgan fingerprint density at radius 1 is 1.50 bits per heavy atom. The van der Waals surface area contributed by atoms with E-state index < -0.39 is 0 Å². The second kappa shape index (κ2) is 5.49.